The number of rotatable bonds is 7. The van der Waals surface area contributed by atoms with E-state index in [1.54, 1.807) is 0 Å². The van der Waals surface area contributed by atoms with Crippen molar-refractivity contribution in [3.8, 4) is 0 Å². The Morgan fingerprint density at radius 2 is 1.95 bits per heavy atom. The number of aromatic nitrogens is 2. The lowest BCUT2D eigenvalue weighted by Gasteiger charge is -2.19. The summed E-state index contributed by atoms with van der Waals surface area (Å²) in [5.41, 5.74) is 2.50. The molecule has 0 saturated carbocycles. The summed E-state index contributed by atoms with van der Waals surface area (Å²) in [6, 6.07) is 11.2. The molecule has 1 aromatic heterocycles. The molecule has 0 radical (unpaired) electrons. The second-order valence-corrected chi connectivity index (χ2v) is 6.11. The van der Waals surface area contributed by atoms with E-state index in [0.717, 1.165) is 18.7 Å². The average molecular weight is 289 g/mol. The molecule has 0 fully saturated rings. The Kier molecular flexibility index (Phi) is 5.68. The molecule has 1 atom stereocenters. The molecular formula is C16H23N3S. The molecule has 108 valence electrons. The Morgan fingerprint density at radius 3 is 2.50 bits per heavy atom. The minimum absolute atomic E-state index is 0.211. The number of hydrogen-bond acceptors (Lipinski definition) is 3. The van der Waals surface area contributed by atoms with Gasteiger partial charge in [0.25, 0.3) is 0 Å². The van der Waals surface area contributed by atoms with Crippen molar-refractivity contribution in [3.63, 3.8) is 0 Å². The van der Waals surface area contributed by atoms with E-state index in [9.17, 15) is 0 Å². The van der Waals surface area contributed by atoms with E-state index >= 15 is 0 Å². The molecule has 0 bridgehead atoms. The fourth-order valence-corrected chi connectivity index (χ4v) is 2.93. The average Bonchev–Trinajstić information content (AvgIpc) is 2.88. The molecule has 1 N–H and O–H groups in total. The van der Waals surface area contributed by atoms with Crippen LogP contribution in [0.1, 0.15) is 37.6 Å². The fraction of sp³-hybridized carbons (Fsp3) is 0.438. The zero-order valence-electron chi connectivity index (χ0n) is 12.5. The van der Waals surface area contributed by atoms with Crippen LogP contribution in [0, 0.1) is 0 Å². The molecule has 2 rings (SSSR count). The normalized spacial score (nSPS) is 12.6. The first-order chi connectivity index (χ1) is 9.76. The SMILES string of the molecule is CCCNC(c1ccc(SCC)cc1)c1ccnn1C. The van der Waals surface area contributed by atoms with E-state index in [0.29, 0.717) is 0 Å². The minimum atomic E-state index is 0.211. The van der Waals surface area contributed by atoms with Crippen LogP contribution in [-0.2, 0) is 7.05 Å². The maximum absolute atomic E-state index is 4.29. The van der Waals surface area contributed by atoms with Gasteiger partial charge in [-0.25, -0.2) is 0 Å². The molecule has 0 spiro atoms. The van der Waals surface area contributed by atoms with Gasteiger partial charge in [0.2, 0.25) is 0 Å². The minimum Gasteiger partial charge on any atom is -0.305 e. The largest absolute Gasteiger partial charge is 0.305 e. The summed E-state index contributed by atoms with van der Waals surface area (Å²) in [7, 11) is 2.00. The molecule has 1 unspecified atom stereocenters. The molecular weight excluding hydrogens is 266 g/mol. The Bertz CT molecular complexity index is 519. The number of nitrogens with one attached hydrogen (secondary N) is 1. The zero-order chi connectivity index (χ0) is 14.4. The fourth-order valence-electron chi connectivity index (χ4n) is 2.27. The van der Waals surface area contributed by atoms with Gasteiger partial charge in [-0.2, -0.15) is 5.10 Å². The monoisotopic (exact) mass is 289 g/mol. The van der Waals surface area contributed by atoms with Crippen molar-refractivity contribution in [2.75, 3.05) is 12.3 Å². The third kappa shape index (κ3) is 3.64. The van der Waals surface area contributed by atoms with Gasteiger partial charge in [0.15, 0.2) is 0 Å². The van der Waals surface area contributed by atoms with E-state index in [2.05, 4.69) is 54.6 Å². The second-order valence-electron chi connectivity index (χ2n) is 4.77. The van der Waals surface area contributed by atoms with Gasteiger partial charge >= 0.3 is 0 Å². The van der Waals surface area contributed by atoms with Crippen molar-refractivity contribution in [1.82, 2.24) is 15.1 Å². The van der Waals surface area contributed by atoms with E-state index in [1.165, 1.54) is 16.2 Å². The van der Waals surface area contributed by atoms with Gasteiger partial charge in [0, 0.05) is 18.1 Å². The van der Waals surface area contributed by atoms with Crippen LogP contribution in [0.4, 0.5) is 0 Å². The lowest BCUT2D eigenvalue weighted by atomic mass is 10.0. The topological polar surface area (TPSA) is 29.9 Å². The van der Waals surface area contributed by atoms with Crippen molar-refractivity contribution >= 4 is 11.8 Å². The molecule has 0 saturated heterocycles. The smallest absolute Gasteiger partial charge is 0.0748 e. The van der Waals surface area contributed by atoms with Crippen LogP contribution in [0.25, 0.3) is 0 Å². The molecule has 2 aromatic rings. The summed E-state index contributed by atoms with van der Waals surface area (Å²) in [5.74, 6) is 1.11. The Morgan fingerprint density at radius 1 is 1.20 bits per heavy atom. The number of benzene rings is 1. The molecule has 20 heavy (non-hydrogen) atoms. The molecule has 4 heteroatoms. The number of aryl methyl sites for hydroxylation is 1. The summed E-state index contributed by atoms with van der Waals surface area (Å²) < 4.78 is 1.95. The van der Waals surface area contributed by atoms with E-state index in [4.69, 9.17) is 0 Å². The van der Waals surface area contributed by atoms with Crippen LogP contribution in [0.15, 0.2) is 41.4 Å². The summed E-state index contributed by atoms with van der Waals surface area (Å²) in [6.45, 7) is 5.37. The maximum atomic E-state index is 4.29. The molecule has 0 aliphatic heterocycles. The van der Waals surface area contributed by atoms with E-state index in [-0.39, 0.29) is 6.04 Å². The highest BCUT2D eigenvalue weighted by molar-refractivity contribution is 7.99. The van der Waals surface area contributed by atoms with Gasteiger partial charge in [-0.15, -0.1) is 11.8 Å². The summed E-state index contributed by atoms with van der Waals surface area (Å²) in [5, 5.41) is 7.90. The Balaban J connectivity index is 2.24. The van der Waals surface area contributed by atoms with Crippen LogP contribution >= 0.6 is 11.8 Å². The van der Waals surface area contributed by atoms with Crippen LogP contribution in [0.5, 0.6) is 0 Å². The summed E-state index contributed by atoms with van der Waals surface area (Å²) in [4.78, 5) is 1.33. The number of thioether (sulfide) groups is 1. The third-order valence-electron chi connectivity index (χ3n) is 3.28. The van der Waals surface area contributed by atoms with Gasteiger partial charge in [-0.3, -0.25) is 4.68 Å². The molecule has 0 aliphatic carbocycles. The van der Waals surface area contributed by atoms with Crippen molar-refractivity contribution in [2.24, 2.45) is 7.05 Å². The second kappa shape index (κ2) is 7.50. The van der Waals surface area contributed by atoms with Crippen LogP contribution in [0.3, 0.4) is 0 Å². The van der Waals surface area contributed by atoms with Gasteiger partial charge < -0.3 is 5.32 Å². The summed E-state index contributed by atoms with van der Waals surface area (Å²) >= 11 is 1.88. The van der Waals surface area contributed by atoms with Crippen LogP contribution < -0.4 is 5.32 Å². The quantitative estimate of drug-likeness (QED) is 0.790. The molecule has 1 aromatic carbocycles. The van der Waals surface area contributed by atoms with Crippen LogP contribution in [0.2, 0.25) is 0 Å². The van der Waals surface area contributed by atoms with Crippen molar-refractivity contribution in [2.45, 2.75) is 31.2 Å². The summed E-state index contributed by atoms with van der Waals surface area (Å²) in [6.07, 6.45) is 2.98. The van der Waals surface area contributed by atoms with Crippen LogP contribution in [-0.4, -0.2) is 22.1 Å². The van der Waals surface area contributed by atoms with Gasteiger partial charge in [-0.1, -0.05) is 26.0 Å². The third-order valence-corrected chi connectivity index (χ3v) is 4.17. The number of hydrogen-bond donors (Lipinski definition) is 1. The number of nitrogens with zero attached hydrogens (tertiary/aromatic N) is 2. The lowest BCUT2D eigenvalue weighted by molar-refractivity contribution is 0.553. The predicted molar refractivity (Wildman–Crippen MR) is 86.2 cm³/mol. The highest BCUT2D eigenvalue weighted by atomic mass is 32.2. The Hall–Kier alpha value is -1.26. The van der Waals surface area contributed by atoms with Crippen molar-refractivity contribution < 1.29 is 0 Å². The maximum Gasteiger partial charge on any atom is 0.0748 e. The standard InChI is InChI=1S/C16H23N3S/c1-4-11-17-16(15-10-12-18-19(15)3)13-6-8-14(9-7-13)20-5-2/h6-10,12,16-17H,4-5,11H2,1-3H3. The molecule has 3 nitrogen and oxygen atoms in total. The van der Waals surface area contributed by atoms with E-state index in [1.807, 2.05) is 29.7 Å². The van der Waals surface area contributed by atoms with Crippen molar-refractivity contribution in [1.29, 1.82) is 0 Å². The zero-order valence-corrected chi connectivity index (χ0v) is 13.3. The predicted octanol–water partition coefficient (Wildman–Crippen LogP) is 3.62. The van der Waals surface area contributed by atoms with Gasteiger partial charge in [0.1, 0.15) is 0 Å². The van der Waals surface area contributed by atoms with Gasteiger partial charge in [0.05, 0.1) is 11.7 Å². The molecule has 0 aliphatic rings. The van der Waals surface area contributed by atoms with Crippen molar-refractivity contribution in [3.05, 3.63) is 47.8 Å². The lowest BCUT2D eigenvalue weighted by Crippen LogP contribution is -2.25. The first-order valence-corrected chi connectivity index (χ1v) is 8.18. The molecule has 1 heterocycles. The highest BCUT2D eigenvalue weighted by Gasteiger charge is 2.16. The molecule has 0 amide bonds. The first kappa shape index (κ1) is 15.1. The van der Waals surface area contributed by atoms with E-state index < -0.39 is 0 Å². The van der Waals surface area contributed by atoms with Gasteiger partial charge in [-0.05, 0) is 42.5 Å². The highest BCUT2D eigenvalue weighted by Crippen LogP contribution is 2.25. The first-order valence-electron chi connectivity index (χ1n) is 7.20. The Labute approximate surface area is 125 Å².